The number of aryl methyl sites for hydroxylation is 2. The Morgan fingerprint density at radius 3 is 1.27 bits per heavy atom. The lowest BCUT2D eigenvalue weighted by Crippen LogP contribution is -2.35. The first-order valence-electron chi connectivity index (χ1n) is 11.2. The molecule has 33 heavy (non-hydrogen) atoms. The van der Waals surface area contributed by atoms with E-state index in [2.05, 4.69) is 27.7 Å². The fourth-order valence-electron chi connectivity index (χ4n) is 2.83. The highest BCUT2D eigenvalue weighted by Crippen LogP contribution is 2.33. The van der Waals surface area contributed by atoms with Gasteiger partial charge in [-0.2, -0.15) is 0 Å². The number of rotatable bonds is 8. The van der Waals surface area contributed by atoms with E-state index < -0.39 is 11.9 Å². The lowest BCUT2D eigenvalue weighted by atomic mass is 9.74. The number of aliphatic hydroxyl groups excluding tert-OH is 2. The van der Waals surface area contributed by atoms with E-state index in [1.807, 2.05) is 13.8 Å². The molecule has 0 saturated carbocycles. The third-order valence-corrected chi connectivity index (χ3v) is 5.67. The average molecular weight is 461 g/mol. The predicted molar refractivity (Wildman–Crippen MR) is 132 cm³/mol. The van der Waals surface area contributed by atoms with E-state index >= 15 is 0 Å². The van der Waals surface area contributed by atoms with Gasteiger partial charge in [-0.1, -0.05) is 69.5 Å². The van der Waals surface area contributed by atoms with Crippen LogP contribution >= 0.6 is 0 Å². The summed E-state index contributed by atoms with van der Waals surface area (Å²) in [5.41, 5.74) is 2.55. The summed E-state index contributed by atoms with van der Waals surface area (Å²) in [4.78, 5) is 20.6. The van der Waals surface area contributed by atoms with Crippen LogP contribution in [0.25, 0.3) is 0 Å². The van der Waals surface area contributed by atoms with Crippen molar-refractivity contribution in [1.82, 2.24) is 0 Å². The van der Waals surface area contributed by atoms with Crippen molar-refractivity contribution in [2.24, 2.45) is 17.3 Å². The minimum atomic E-state index is -0.875. The van der Waals surface area contributed by atoms with Crippen molar-refractivity contribution < 1.29 is 30.0 Å². The molecule has 184 valence electrons. The second-order valence-corrected chi connectivity index (χ2v) is 9.11. The fraction of sp³-hybridized carbons (Fsp3) is 0.481. The Kier molecular flexibility index (Phi) is 14.0. The molecule has 6 nitrogen and oxygen atoms in total. The Morgan fingerprint density at radius 1 is 0.727 bits per heavy atom. The Bertz CT molecular complexity index is 763. The number of benzene rings is 2. The van der Waals surface area contributed by atoms with Crippen molar-refractivity contribution in [2.75, 3.05) is 13.2 Å². The summed E-state index contributed by atoms with van der Waals surface area (Å²) in [6, 6.07) is 13.5. The molecule has 0 fully saturated rings. The van der Waals surface area contributed by atoms with Crippen molar-refractivity contribution in [3.05, 3.63) is 70.8 Å². The molecule has 2 aromatic carbocycles. The molecule has 2 aromatic rings. The largest absolute Gasteiger partial charge is 0.478 e. The van der Waals surface area contributed by atoms with Crippen LogP contribution < -0.4 is 0 Å². The molecule has 0 unspecified atom stereocenters. The molecule has 0 radical (unpaired) electrons. The molecule has 0 aliphatic rings. The third kappa shape index (κ3) is 11.6. The molecule has 0 spiro atoms. The first kappa shape index (κ1) is 30.3. The Morgan fingerprint density at radius 2 is 1.06 bits per heavy atom. The summed E-state index contributed by atoms with van der Waals surface area (Å²) in [6.45, 7) is 12.5. The summed E-state index contributed by atoms with van der Waals surface area (Å²) in [5, 5.41) is 35.6. The van der Waals surface area contributed by atoms with E-state index in [0.29, 0.717) is 23.0 Å². The molecule has 2 rings (SSSR count). The van der Waals surface area contributed by atoms with Gasteiger partial charge in [0.05, 0.1) is 24.3 Å². The molecule has 0 saturated heterocycles. The second-order valence-electron chi connectivity index (χ2n) is 9.11. The zero-order valence-electron chi connectivity index (χ0n) is 20.7. The Hall–Kier alpha value is -2.70. The monoisotopic (exact) mass is 460 g/mol. The fourth-order valence-corrected chi connectivity index (χ4v) is 2.83. The average Bonchev–Trinajstić information content (AvgIpc) is 2.76. The first-order chi connectivity index (χ1) is 15.4. The van der Waals surface area contributed by atoms with Gasteiger partial charge >= 0.3 is 11.9 Å². The highest BCUT2D eigenvalue weighted by molar-refractivity contribution is 5.87. The van der Waals surface area contributed by atoms with Crippen LogP contribution in [-0.4, -0.2) is 45.6 Å². The summed E-state index contributed by atoms with van der Waals surface area (Å²) in [7, 11) is 0. The first-order valence-corrected chi connectivity index (χ1v) is 11.2. The van der Waals surface area contributed by atoms with Crippen molar-refractivity contribution in [1.29, 1.82) is 0 Å². The smallest absolute Gasteiger partial charge is 0.335 e. The summed E-state index contributed by atoms with van der Waals surface area (Å²) < 4.78 is 0. The van der Waals surface area contributed by atoms with Gasteiger partial charge in [-0.3, -0.25) is 0 Å². The summed E-state index contributed by atoms with van der Waals surface area (Å²) in [6.07, 6.45) is 1.98. The summed E-state index contributed by atoms with van der Waals surface area (Å²) in [5.74, 6) is -0.780. The molecule has 0 aliphatic heterocycles. The minimum Gasteiger partial charge on any atom is -0.478 e. The van der Waals surface area contributed by atoms with E-state index in [0.717, 1.165) is 24.0 Å². The predicted octanol–water partition coefficient (Wildman–Crippen LogP) is 5.44. The zero-order chi connectivity index (χ0) is 25.6. The van der Waals surface area contributed by atoms with Crippen molar-refractivity contribution in [2.45, 2.75) is 54.4 Å². The number of carbonyl (C=O) groups is 2. The topological polar surface area (TPSA) is 115 Å². The molecule has 0 atom stereocenters. The van der Waals surface area contributed by atoms with E-state index in [1.54, 1.807) is 48.5 Å². The van der Waals surface area contributed by atoms with Crippen molar-refractivity contribution >= 4 is 11.9 Å². The van der Waals surface area contributed by atoms with Gasteiger partial charge in [0.15, 0.2) is 0 Å². The van der Waals surface area contributed by atoms with E-state index in [9.17, 15) is 19.8 Å². The van der Waals surface area contributed by atoms with E-state index in [4.69, 9.17) is 10.2 Å². The zero-order valence-corrected chi connectivity index (χ0v) is 20.7. The van der Waals surface area contributed by atoms with Crippen LogP contribution in [0.2, 0.25) is 0 Å². The number of carboxylic acid groups (broad SMARTS) is 2. The van der Waals surface area contributed by atoms with Gasteiger partial charge in [0.1, 0.15) is 0 Å². The summed E-state index contributed by atoms with van der Waals surface area (Å²) >= 11 is 0. The Labute approximate surface area is 197 Å². The van der Waals surface area contributed by atoms with Crippen molar-refractivity contribution in [3.63, 3.8) is 0 Å². The van der Waals surface area contributed by atoms with Crippen molar-refractivity contribution in [3.8, 4) is 0 Å². The van der Waals surface area contributed by atoms with Crippen LogP contribution in [0.15, 0.2) is 48.5 Å². The van der Waals surface area contributed by atoms with E-state index in [1.165, 1.54) is 0 Å². The molecule has 6 heteroatoms. The van der Waals surface area contributed by atoms with Crippen LogP contribution in [0, 0.1) is 31.1 Å². The lowest BCUT2D eigenvalue weighted by Gasteiger charge is -2.34. The van der Waals surface area contributed by atoms with Gasteiger partial charge in [-0.15, -0.1) is 0 Å². The van der Waals surface area contributed by atoms with Gasteiger partial charge in [-0.05, 0) is 56.4 Å². The normalized spacial score (nSPS) is 10.7. The molecule has 0 heterocycles. The van der Waals surface area contributed by atoms with E-state index in [-0.39, 0.29) is 18.6 Å². The molecule has 0 bridgehead atoms. The number of aliphatic hydroxyl groups is 2. The van der Waals surface area contributed by atoms with Crippen LogP contribution in [0.3, 0.4) is 0 Å². The minimum absolute atomic E-state index is 0.0912. The van der Waals surface area contributed by atoms with Crippen LogP contribution in [-0.2, 0) is 0 Å². The highest BCUT2D eigenvalue weighted by atomic mass is 16.4. The van der Waals surface area contributed by atoms with Gasteiger partial charge in [0, 0.05) is 5.41 Å². The van der Waals surface area contributed by atoms with Crippen LogP contribution in [0.5, 0.6) is 0 Å². The second kappa shape index (κ2) is 15.2. The molecular weight excluding hydrogens is 420 g/mol. The molecular formula is C27H40O6. The maximum atomic E-state index is 10.3. The van der Waals surface area contributed by atoms with Gasteiger partial charge in [0.2, 0.25) is 0 Å². The number of carboxylic acids is 2. The number of hydrogen-bond acceptors (Lipinski definition) is 4. The standard InChI is InChI=1S/C11H24O2.2C8H8O2/c1-9(2)5-6-11(7-12,8-13)10(3)4;2*1-6-2-4-7(5-3-6)8(9)10/h9-10,12-13H,5-8H2,1-4H3;2*2-5H,1H3,(H,9,10). The lowest BCUT2D eigenvalue weighted by molar-refractivity contribution is 0.00497. The SMILES string of the molecule is CC(C)CCC(CO)(CO)C(C)C.Cc1ccc(C(=O)O)cc1.Cc1ccc(C(=O)O)cc1. The van der Waals surface area contributed by atoms with Crippen LogP contribution in [0.1, 0.15) is 72.4 Å². The van der Waals surface area contributed by atoms with Crippen LogP contribution in [0.4, 0.5) is 0 Å². The third-order valence-electron chi connectivity index (χ3n) is 5.67. The van der Waals surface area contributed by atoms with Gasteiger partial charge in [0.25, 0.3) is 0 Å². The van der Waals surface area contributed by atoms with Gasteiger partial charge in [-0.25, -0.2) is 9.59 Å². The Balaban J connectivity index is 0.000000470. The number of hydrogen-bond donors (Lipinski definition) is 4. The highest BCUT2D eigenvalue weighted by Gasteiger charge is 2.32. The van der Waals surface area contributed by atoms with Gasteiger partial charge < -0.3 is 20.4 Å². The number of aromatic carboxylic acids is 2. The molecule has 0 aromatic heterocycles. The molecule has 4 N–H and O–H groups in total. The molecule has 0 aliphatic carbocycles. The quantitative estimate of drug-likeness (QED) is 0.417. The maximum Gasteiger partial charge on any atom is 0.335 e. The maximum absolute atomic E-state index is 10.3. The molecule has 0 amide bonds.